The van der Waals surface area contributed by atoms with Crippen LogP contribution in [0.5, 0.6) is 11.5 Å². The quantitative estimate of drug-likeness (QED) is 0.0551. The van der Waals surface area contributed by atoms with E-state index in [1.165, 1.54) is 0 Å². The Labute approximate surface area is 332 Å². The monoisotopic (exact) mass is 819 g/mol. The van der Waals surface area contributed by atoms with Gasteiger partial charge in [-0.25, -0.2) is 9.36 Å². The summed E-state index contributed by atoms with van der Waals surface area (Å²) >= 11 is 4.99. The van der Waals surface area contributed by atoms with Crippen LogP contribution in [0.1, 0.15) is 66.2 Å². The Bertz CT molecular complexity index is 1610. The molecule has 3 fully saturated rings. The van der Waals surface area contributed by atoms with E-state index in [4.69, 9.17) is 9.05 Å². The van der Waals surface area contributed by atoms with Gasteiger partial charge >= 0.3 is 13.6 Å². The number of nitrogens with one attached hydrogen (secondary N) is 4. The molecule has 296 valence electrons. The fourth-order valence-corrected chi connectivity index (χ4v) is 11.5. The van der Waals surface area contributed by atoms with Gasteiger partial charge in [0.2, 0.25) is 17.7 Å². The van der Waals surface area contributed by atoms with Crippen LogP contribution in [0, 0.1) is 11.8 Å². The number of carbonyl (C=O) groups is 4. The summed E-state index contributed by atoms with van der Waals surface area (Å²) in [6.45, 7) is 7.80. The van der Waals surface area contributed by atoms with E-state index in [0.29, 0.717) is 42.6 Å². The molecule has 3 heterocycles. The maximum atomic E-state index is 14.9. The molecule has 0 saturated carbocycles. The molecule has 0 aromatic heterocycles. The van der Waals surface area contributed by atoms with Crippen molar-refractivity contribution in [2.75, 3.05) is 24.8 Å². The molecule has 2 aromatic rings. The van der Waals surface area contributed by atoms with Crippen molar-refractivity contribution < 1.29 is 32.8 Å². The summed E-state index contributed by atoms with van der Waals surface area (Å²) in [5.74, 6) is -1.01. The Morgan fingerprint density at radius 1 is 0.907 bits per heavy atom. The average molecular weight is 820 g/mol. The Hall–Kier alpha value is -3.00. The first-order chi connectivity index (χ1) is 25.8. The highest BCUT2D eigenvalue weighted by Crippen LogP contribution is 2.54. The topological polar surface area (TPSA) is 155 Å². The van der Waals surface area contributed by atoms with Gasteiger partial charge in [0, 0.05) is 33.8 Å². The molecule has 0 radical (unpaired) electrons. The molecule has 0 aliphatic carbocycles. The minimum atomic E-state index is -4.13. The van der Waals surface area contributed by atoms with E-state index in [2.05, 4.69) is 21.3 Å². The summed E-state index contributed by atoms with van der Waals surface area (Å²) in [6, 6.07) is 12.9. The van der Waals surface area contributed by atoms with E-state index < -0.39 is 31.4 Å². The molecule has 3 saturated heterocycles. The van der Waals surface area contributed by atoms with Crippen molar-refractivity contribution in [3.8, 4) is 11.5 Å². The van der Waals surface area contributed by atoms with E-state index in [-0.39, 0.29) is 48.2 Å². The maximum Gasteiger partial charge on any atom is 0.453 e. The van der Waals surface area contributed by atoms with E-state index in [1.807, 2.05) is 76.2 Å². The number of benzene rings is 2. The smallest absolute Gasteiger partial charge is 0.415 e. The third-order valence-electron chi connectivity index (χ3n) is 10.0. The minimum absolute atomic E-state index is 0.111. The second kappa shape index (κ2) is 19.2. The van der Waals surface area contributed by atoms with Gasteiger partial charge in [-0.15, -0.1) is 23.5 Å². The molecule has 2 aromatic carbocycles. The van der Waals surface area contributed by atoms with Gasteiger partial charge in [-0.2, -0.15) is 11.8 Å². The molecular formula is C38H54N5O7PS3. The van der Waals surface area contributed by atoms with Gasteiger partial charge in [0.1, 0.15) is 23.6 Å². The molecule has 4 N–H and O–H groups in total. The van der Waals surface area contributed by atoms with Gasteiger partial charge in [0.05, 0.1) is 12.1 Å². The zero-order valence-electron chi connectivity index (χ0n) is 31.9. The minimum Gasteiger partial charge on any atom is -0.415 e. The Balaban J connectivity index is 1.23. The van der Waals surface area contributed by atoms with Gasteiger partial charge in [-0.1, -0.05) is 34.1 Å². The first kappa shape index (κ1) is 42.1. The Morgan fingerprint density at radius 2 is 1.52 bits per heavy atom. The number of nitrogens with zero attached hydrogens (tertiary/aromatic N) is 1. The van der Waals surface area contributed by atoms with Gasteiger partial charge in [-0.05, 0) is 98.6 Å². The van der Waals surface area contributed by atoms with Crippen LogP contribution in [-0.4, -0.2) is 88.7 Å². The first-order valence-corrected chi connectivity index (χ1v) is 23.8. The van der Waals surface area contributed by atoms with E-state index in [1.54, 1.807) is 52.7 Å². The highest BCUT2D eigenvalue weighted by Gasteiger charge is 2.46. The van der Waals surface area contributed by atoms with Crippen molar-refractivity contribution in [2.24, 2.45) is 11.8 Å². The lowest BCUT2D eigenvalue weighted by Gasteiger charge is -2.34. The number of amides is 5. The number of fused-ring (bicyclic) bond motifs is 1. The molecule has 3 aliphatic rings. The molecule has 5 amide bonds. The second-order valence-electron chi connectivity index (χ2n) is 14.6. The molecule has 3 aliphatic heterocycles. The normalized spacial score (nSPS) is 22.0. The van der Waals surface area contributed by atoms with Crippen molar-refractivity contribution in [3.05, 3.63) is 48.5 Å². The van der Waals surface area contributed by atoms with E-state index >= 15 is 0 Å². The number of urea groups is 1. The van der Waals surface area contributed by atoms with Crippen LogP contribution in [0.15, 0.2) is 58.3 Å². The number of likely N-dealkylation sites (tertiary alicyclic amines) is 1. The molecule has 6 unspecified atom stereocenters. The summed E-state index contributed by atoms with van der Waals surface area (Å²) in [6.07, 6.45) is 7.64. The fourth-order valence-electron chi connectivity index (χ4n) is 7.07. The lowest BCUT2D eigenvalue weighted by molar-refractivity contribution is -0.142. The molecule has 5 rings (SSSR count). The predicted molar refractivity (Wildman–Crippen MR) is 218 cm³/mol. The van der Waals surface area contributed by atoms with Gasteiger partial charge in [0.15, 0.2) is 5.78 Å². The van der Waals surface area contributed by atoms with Gasteiger partial charge in [0.25, 0.3) is 0 Å². The molecule has 0 bridgehead atoms. The van der Waals surface area contributed by atoms with Crippen molar-refractivity contribution in [2.45, 2.75) is 111 Å². The van der Waals surface area contributed by atoms with Crippen LogP contribution in [-0.2, 0) is 18.9 Å². The van der Waals surface area contributed by atoms with Crippen LogP contribution in [0.4, 0.5) is 4.79 Å². The Kier molecular flexibility index (Phi) is 15.0. The lowest BCUT2D eigenvalue weighted by atomic mass is 10.0. The van der Waals surface area contributed by atoms with Crippen LogP contribution in [0.2, 0.25) is 0 Å². The highest BCUT2D eigenvalue weighted by atomic mass is 32.2. The second-order valence-corrected chi connectivity index (χ2v) is 19.7. The molecule has 12 nitrogen and oxygen atoms in total. The SMILES string of the molecule is CSc1ccc(OP(=O)(Oc2ccc(SC)cc2)C(NC(=O)C2CCCN2C(=O)C(NC(=O)CCCCC2SCC3NC(=O)NC32)C(C)C)C(C)C)cc1. The predicted octanol–water partition coefficient (Wildman–Crippen LogP) is 6.74. The van der Waals surface area contributed by atoms with Crippen LogP contribution in [0.25, 0.3) is 0 Å². The third-order valence-corrected chi connectivity index (χ3v) is 15.3. The summed E-state index contributed by atoms with van der Waals surface area (Å²) < 4.78 is 27.3. The molecular weight excluding hydrogens is 766 g/mol. The lowest BCUT2D eigenvalue weighted by Crippen LogP contribution is -2.56. The zero-order valence-corrected chi connectivity index (χ0v) is 35.2. The van der Waals surface area contributed by atoms with Crippen LogP contribution < -0.4 is 30.3 Å². The van der Waals surface area contributed by atoms with Crippen LogP contribution >= 0.6 is 42.9 Å². The van der Waals surface area contributed by atoms with Crippen molar-refractivity contribution in [3.63, 3.8) is 0 Å². The number of rotatable bonds is 18. The summed E-state index contributed by atoms with van der Waals surface area (Å²) in [5.41, 5.74) is 0. The molecule has 0 spiro atoms. The number of carbonyl (C=O) groups excluding carboxylic acids is 4. The van der Waals surface area contributed by atoms with Crippen molar-refractivity contribution in [1.82, 2.24) is 26.2 Å². The van der Waals surface area contributed by atoms with Crippen molar-refractivity contribution >= 4 is 66.6 Å². The molecule has 54 heavy (non-hydrogen) atoms. The average Bonchev–Trinajstić information content (AvgIpc) is 3.88. The standard InChI is InChI=1S/C38H54N5O7PS3/c1-23(2)33(40-32(44)12-8-7-11-31-34-29(22-54-31)39-38(47)41-34)37(46)43-21-9-10-30(43)35(45)42-36(24(3)4)51(48,49-25-13-17-27(52-5)18-14-25)50-26-15-19-28(53-6)20-16-26/h13-20,23-24,29-31,33-34,36H,7-12,21-22H2,1-6H3,(H,40,44)(H,42,45)(H2,39,41,47). The van der Waals surface area contributed by atoms with Crippen molar-refractivity contribution in [1.29, 1.82) is 0 Å². The number of unbranched alkanes of at least 4 members (excludes halogenated alkanes) is 1. The highest BCUT2D eigenvalue weighted by molar-refractivity contribution is 8.00. The molecule has 16 heteroatoms. The maximum absolute atomic E-state index is 14.9. The number of hydrogen-bond acceptors (Lipinski definition) is 10. The van der Waals surface area contributed by atoms with E-state index in [0.717, 1.165) is 28.4 Å². The Morgan fingerprint density at radius 3 is 2.07 bits per heavy atom. The zero-order chi connectivity index (χ0) is 39.0. The number of thioether (sulfide) groups is 3. The first-order valence-electron chi connectivity index (χ1n) is 18.7. The summed E-state index contributed by atoms with van der Waals surface area (Å²) in [4.78, 5) is 56.6. The van der Waals surface area contributed by atoms with Gasteiger partial charge in [-0.3, -0.25) is 14.4 Å². The summed E-state index contributed by atoms with van der Waals surface area (Å²) in [5, 5.41) is 12.2. The van der Waals surface area contributed by atoms with Crippen LogP contribution in [0.3, 0.4) is 0 Å². The largest absolute Gasteiger partial charge is 0.453 e. The fraction of sp³-hybridized carbons (Fsp3) is 0.579. The number of hydrogen-bond donors (Lipinski definition) is 4. The molecule has 6 atom stereocenters. The summed E-state index contributed by atoms with van der Waals surface area (Å²) in [7, 11) is -4.13. The van der Waals surface area contributed by atoms with E-state index in [9.17, 15) is 23.7 Å². The third kappa shape index (κ3) is 10.6. The van der Waals surface area contributed by atoms with Gasteiger partial charge < -0.3 is 35.2 Å².